The highest BCUT2D eigenvalue weighted by molar-refractivity contribution is 5.71. The summed E-state index contributed by atoms with van der Waals surface area (Å²) in [5.74, 6) is -0.756. The fourth-order valence-corrected chi connectivity index (χ4v) is 1.62. The summed E-state index contributed by atoms with van der Waals surface area (Å²) in [7, 11) is 0. The van der Waals surface area contributed by atoms with Gasteiger partial charge in [0, 0.05) is 25.2 Å². The second-order valence-corrected chi connectivity index (χ2v) is 4.27. The van der Waals surface area contributed by atoms with Crippen LogP contribution in [0.5, 0.6) is 0 Å². The van der Waals surface area contributed by atoms with Crippen molar-refractivity contribution in [1.82, 2.24) is 10.6 Å². The fourth-order valence-electron chi connectivity index (χ4n) is 1.62. The summed E-state index contributed by atoms with van der Waals surface area (Å²) in [5, 5.41) is 15.3. The lowest BCUT2D eigenvalue weighted by Gasteiger charge is -2.33. The third-order valence-electron chi connectivity index (χ3n) is 2.60. The van der Waals surface area contributed by atoms with Crippen molar-refractivity contribution in [2.75, 3.05) is 13.1 Å². The van der Waals surface area contributed by atoms with Gasteiger partial charge in [-0.25, -0.2) is 0 Å². The number of hydrogen-bond donors (Lipinski definition) is 3. The Labute approximate surface area is 85.1 Å². The number of nitrogens with one attached hydrogen (secondary N) is 2. The fraction of sp³-hybridized carbons (Fsp3) is 0.900. The average molecular weight is 200 g/mol. The third kappa shape index (κ3) is 3.64. The highest BCUT2D eigenvalue weighted by atomic mass is 16.4. The van der Waals surface area contributed by atoms with Gasteiger partial charge in [0.2, 0.25) is 0 Å². The zero-order chi connectivity index (χ0) is 10.6. The molecule has 0 saturated heterocycles. The summed E-state index contributed by atoms with van der Waals surface area (Å²) < 4.78 is 0. The van der Waals surface area contributed by atoms with Gasteiger partial charge in [0.25, 0.3) is 0 Å². The molecule has 0 aliphatic heterocycles. The number of aliphatic carboxylic acids is 1. The lowest BCUT2D eigenvalue weighted by Crippen LogP contribution is -2.46. The molecule has 0 aromatic carbocycles. The summed E-state index contributed by atoms with van der Waals surface area (Å²) in [4.78, 5) is 10.5. The van der Waals surface area contributed by atoms with Crippen LogP contribution in [0, 0.1) is 5.92 Å². The molecule has 0 amide bonds. The summed E-state index contributed by atoms with van der Waals surface area (Å²) in [6, 6.07) is 0.940. The van der Waals surface area contributed by atoms with Gasteiger partial charge in [-0.3, -0.25) is 4.79 Å². The molecule has 14 heavy (non-hydrogen) atoms. The molecule has 0 atom stereocenters. The average Bonchev–Trinajstić information content (AvgIpc) is 1.98. The normalized spacial score (nSPS) is 26.2. The second kappa shape index (κ2) is 5.32. The van der Waals surface area contributed by atoms with Crippen LogP contribution in [0.3, 0.4) is 0 Å². The minimum absolute atomic E-state index is 0.106. The molecule has 0 spiro atoms. The molecule has 3 N–H and O–H groups in total. The van der Waals surface area contributed by atoms with E-state index in [2.05, 4.69) is 24.5 Å². The number of carbonyl (C=O) groups is 1. The van der Waals surface area contributed by atoms with Gasteiger partial charge >= 0.3 is 5.97 Å². The molecular weight excluding hydrogens is 180 g/mol. The second-order valence-electron chi connectivity index (χ2n) is 4.27. The van der Waals surface area contributed by atoms with Gasteiger partial charge in [0.05, 0.1) is 5.92 Å². The van der Waals surface area contributed by atoms with Crippen molar-refractivity contribution in [3.63, 3.8) is 0 Å². The number of carboxylic acids is 1. The Hall–Kier alpha value is -0.610. The predicted octanol–water partition coefficient (Wildman–Crippen LogP) is 0.437. The first-order chi connectivity index (χ1) is 6.59. The Morgan fingerprint density at radius 3 is 2.57 bits per heavy atom. The van der Waals surface area contributed by atoms with E-state index in [-0.39, 0.29) is 5.92 Å². The van der Waals surface area contributed by atoms with Crippen molar-refractivity contribution in [2.45, 2.75) is 38.8 Å². The molecule has 1 aliphatic rings. The van der Waals surface area contributed by atoms with Gasteiger partial charge < -0.3 is 15.7 Å². The van der Waals surface area contributed by atoms with E-state index >= 15 is 0 Å². The SMILES string of the molecule is CC(C)NCCNC1CC(C(=O)O)C1. The van der Waals surface area contributed by atoms with E-state index in [0.29, 0.717) is 12.1 Å². The molecule has 1 rings (SSSR count). The molecule has 82 valence electrons. The Kier molecular flexibility index (Phi) is 4.35. The molecule has 0 bridgehead atoms. The predicted molar refractivity (Wildman–Crippen MR) is 55.3 cm³/mol. The molecule has 0 radical (unpaired) electrons. The first-order valence-corrected chi connectivity index (χ1v) is 5.29. The standard InChI is InChI=1S/C10H20N2O2/c1-7(2)11-3-4-12-9-5-8(6-9)10(13)14/h7-9,11-12H,3-6H2,1-2H3,(H,13,14). The van der Waals surface area contributed by atoms with E-state index < -0.39 is 5.97 Å². The van der Waals surface area contributed by atoms with Crippen LogP contribution < -0.4 is 10.6 Å². The highest BCUT2D eigenvalue weighted by Crippen LogP contribution is 2.26. The van der Waals surface area contributed by atoms with Crippen molar-refractivity contribution in [2.24, 2.45) is 5.92 Å². The summed E-state index contributed by atoms with van der Waals surface area (Å²) in [6.45, 7) is 6.11. The third-order valence-corrected chi connectivity index (χ3v) is 2.60. The van der Waals surface area contributed by atoms with Gasteiger partial charge in [0.1, 0.15) is 0 Å². The minimum atomic E-state index is -0.650. The van der Waals surface area contributed by atoms with Crippen molar-refractivity contribution < 1.29 is 9.90 Å². The number of rotatable bonds is 6. The Morgan fingerprint density at radius 2 is 2.07 bits per heavy atom. The topological polar surface area (TPSA) is 61.4 Å². The first kappa shape index (κ1) is 11.5. The smallest absolute Gasteiger partial charge is 0.306 e. The van der Waals surface area contributed by atoms with Gasteiger partial charge in [-0.2, -0.15) is 0 Å². The number of carboxylic acid groups (broad SMARTS) is 1. The van der Waals surface area contributed by atoms with E-state index in [1.54, 1.807) is 0 Å². The molecule has 0 aromatic rings. The summed E-state index contributed by atoms with van der Waals surface area (Å²) in [5.41, 5.74) is 0. The monoisotopic (exact) mass is 200 g/mol. The number of hydrogen-bond acceptors (Lipinski definition) is 3. The molecule has 1 saturated carbocycles. The van der Waals surface area contributed by atoms with E-state index in [4.69, 9.17) is 5.11 Å². The van der Waals surface area contributed by atoms with Crippen LogP contribution in [-0.4, -0.2) is 36.2 Å². The van der Waals surface area contributed by atoms with Crippen molar-refractivity contribution >= 4 is 5.97 Å². The Bertz CT molecular complexity index is 189. The van der Waals surface area contributed by atoms with E-state index in [1.165, 1.54) is 0 Å². The maximum atomic E-state index is 10.5. The molecule has 4 nitrogen and oxygen atoms in total. The Morgan fingerprint density at radius 1 is 1.43 bits per heavy atom. The molecule has 0 aromatic heterocycles. The van der Waals surface area contributed by atoms with E-state index in [9.17, 15) is 4.79 Å². The molecule has 0 unspecified atom stereocenters. The quantitative estimate of drug-likeness (QED) is 0.544. The van der Waals surface area contributed by atoms with Crippen molar-refractivity contribution in [1.29, 1.82) is 0 Å². The van der Waals surface area contributed by atoms with Crippen LogP contribution in [0.4, 0.5) is 0 Å². The zero-order valence-corrected chi connectivity index (χ0v) is 8.92. The highest BCUT2D eigenvalue weighted by Gasteiger charge is 2.33. The maximum absolute atomic E-state index is 10.5. The van der Waals surface area contributed by atoms with Crippen LogP contribution >= 0.6 is 0 Å². The first-order valence-electron chi connectivity index (χ1n) is 5.29. The Balaban J connectivity index is 1.93. The summed E-state index contributed by atoms with van der Waals surface area (Å²) >= 11 is 0. The van der Waals surface area contributed by atoms with E-state index in [1.807, 2.05) is 0 Å². The van der Waals surface area contributed by atoms with Crippen LogP contribution in [0.25, 0.3) is 0 Å². The molecule has 0 heterocycles. The zero-order valence-electron chi connectivity index (χ0n) is 8.92. The lowest BCUT2D eigenvalue weighted by atomic mass is 9.80. The van der Waals surface area contributed by atoms with Gasteiger partial charge in [-0.15, -0.1) is 0 Å². The maximum Gasteiger partial charge on any atom is 0.306 e. The van der Waals surface area contributed by atoms with Crippen molar-refractivity contribution in [3.8, 4) is 0 Å². The molecule has 1 aliphatic carbocycles. The lowest BCUT2D eigenvalue weighted by molar-refractivity contribution is -0.145. The van der Waals surface area contributed by atoms with Crippen LogP contribution in [0.15, 0.2) is 0 Å². The van der Waals surface area contributed by atoms with Crippen LogP contribution in [-0.2, 0) is 4.79 Å². The van der Waals surface area contributed by atoms with Crippen molar-refractivity contribution in [3.05, 3.63) is 0 Å². The molecule has 4 heteroatoms. The minimum Gasteiger partial charge on any atom is -0.481 e. The molecular formula is C10H20N2O2. The van der Waals surface area contributed by atoms with Gasteiger partial charge in [0.15, 0.2) is 0 Å². The van der Waals surface area contributed by atoms with Crippen LogP contribution in [0.2, 0.25) is 0 Å². The van der Waals surface area contributed by atoms with E-state index in [0.717, 1.165) is 25.9 Å². The van der Waals surface area contributed by atoms with Gasteiger partial charge in [-0.1, -0.05) is 13.8 Å². The summed E-state index contributed by atoms with van der Waals surface area (Å²) in [6.07, 6.45) is 1.58. The largest absolute Gasteiger partial charge is 0.481 e. The molecule has 1 fully saturated rings. The van der Waals surface area contributed by atoms with Gasteiger partial charge in [-0.05, 0) is 12.8 Å². The van der Waals surface area contributed by atoms with Crippen LogP contribution in [0.1, 0.15) is 26.7 Å².